The van der Waals surface area contributed by atoms with E-state index in [4.69, 9.17) is 4.74 Å². The number of carboxylic acid groups (broad SMARTS) is 1. The highest BCUT2D eigenvalue weighted by atomic mass is 32.2. The molecular weight excluding hydrogens is 354 g/mol. The Morgan fingerprint density at radius 2 is 1.88 bits per heavy atom. The standard InChI is InChI=1S/C19H17NO5S/c1-2-25-13-9-7-12(8-10-13)20-17(21)11-16(18(20)22)26-15-6-4-3-5-14(15)19(23)24/h3-10,16H,2,11H2,1H3,(H,23,24)/p-1/t16-/m1/s1. The van der Waals surface area contributed by atoms with E-state index in [9.17, 15) is 19.5 Å². The molecule has 0 N–H and O–H groups in total. The lowest BCUT2D eigenvalue weighted by molar-refractivity contribution is -0.255. The summed E-state index contributed by atoms with van der Waals surface area (Å²) in [5, 5.41) is 10.5. The molecule has 134 valence electrons. The number of ether oxygens (including phenoxy) is 1. The van der Waals surface area contributed by atoms with Gasteiger partial charge in [0, 0.05) is 16.9 Å². The van der Waals surface area contributed by atoms with Gasteiger partial charge in [0.25, 0.3) is 0 Å². The Morgan fingerprint density at radius 1 is 1.19 bits per heavy atom. The van der Waals surface area contributed by atoms with Crippen molar-refractivity contribution in [1.82, 2.24) is 0 Å². The number of hydrogen-bond acceptors (Lipinski definition) is 6. The maximum Gasteiger partial charge on any atom is 0.247 e. The summed E-state index contributed by atoms with van der Waals surface area (Å²) < 4.78 is 5.36. The number of rotatable bonds is 6. The summed E-state index contributed by atoms with van der Waals surface area (Å²) in [6.07, 6.45) is 0.0120. The fraction of sp³-hybridized carbons (Fsp3) is 0.211. The fourth-order valence-electron chi connectivity index (χ4n) is 2.72. The Balaban J connectivity index is 1.80. The molecule has 2 aromatic rings. The largest absolute Gasteiger partial charge is 0.545 e. The van der Waals surface area contributed by atoms with Gasteiger partial charge in [-0.25, -0.2) is 4.90 Å². The summed E-state index contributed by atoms with van der Waals surface area (Å²) in [7, 11) is 0. The first-order chi connectivity index (χ1) is 12.5. The second kappa shape index (κ2) is 7.61. The van der Waals surface area contributed by atoms with Gasteiger partial charge >= 0.3 is 0 Å². The van der Waals surface area contributed by atoms with Crippen LogP contribution >= 0.6 is 11.8 Å². The number of imide groups is 1. The van der Waals surface area contributed by atoms with Crippen LogP contribution in [0.3, 0.4) is 0 Å². The molecule has 6 nitrogen and oxygen atoms in total. The van der Waals surface area contributed by atoms with E-state index in [1.54, 1.807) is 42.5 Å². The van der Waals surface area contributed by atoms with E-state index in [-0.39, 0.29) is 23.8 Å². The maximum atomic E-state index is 12.7. The molecule has 1 saturated heterocycles. The van der Waals surface area contributed by atoms with Gasteiger partial charge < -0.3 is 14.6 Å². The molecule has 7 heteroatoms. The number of thioether (sulfide) groups is 1. The van der Waals surface area contributed by atoms with Gasteiger partial charge in [-0.1, -0.05) is 18.2 Å². The van der Waals surface area contributed by atoms with E-state index in [2.05, 4.69) is 0 Å². The SMILES string of the molecule is CCOc1ccc(N2C(=O)C[C@@H](Sc3ccccc3C(=O)[O-])C2=O)cc1. The third-order valence-electron chi connectivity index (χ3n) is 3.89. The molecule has 2 aromatic carbocycles. The molecule has 0 bridgehead atoms. The van der Waals surface area contributed by atoms with Gasteiger partial charge in [0.05, 0.1) is 23.5 Å². The van der Waals surface area contributed by atoms with Crippen LogP contribution in [-0.4, -0.2) is 29.6 Å². The highest BCUT2D eigenvalue weighted by Crippen LogP contribution is 2.35. The third kappa shape index (κ3) is 3.57. The van der Waals surface area contributed by atoms with Crippen molar-refractivity contribution in [2.45, 2.75) is 23.5 Å². The Bertz CT molecular complexity index is 849. The summed E-state index contributed by atoms with van der Waals surface area (Å²) in [4.78, 5) is 37.8. The summed E-state index contributed by atoms with van der Waals surface area (Å²) >= 11 is 1.07. The van der Waals surface area contributed by atoms with Crippen LogP contribution in [0.25, 0.3) is 0 Å². The maximum absolute atomic E-state index is 12.7. The zero-order chi connectivity index (χ0) is 18.7. The molecule has 1 fully saturated rings. The van der Waals surface area contributed by atoms with Gasteiger partial charge in [-0.15, -0.1) is 11.8 Å². The minimum Gasteiger partial charge on any atom is -0.545 e. The normalized spacial score (nSPS) is 16.8. The van der Waals surface area contributed by atoms with Gasteiger partial charge in [0.2, 0.25) is 11.8 Å². The monoisotopic (exact) mass is 370 g/mol. The van der Waals surface area contributed by atoms with Crippen LogP contribution in [-0.2, 0) is 9.59 Å². The highest BCUT2D eigenvalue weighted by molar-refractivity contribution is 8.00. The van der Waals surface area contributed by atoms with E-state index < -0.39 is 11.2 Å². The Hall–Kier alpha value is -2.80. The second-order valence-electron chi connectivity index (χ2n) is 5.59. The molecular formula is C19H16NO5S-. The van der Waals surface area contributed by atoms with Crippen LogP contribution < -0.4 is 14.7 Å². The summed E-state index contributed by atoms with van der Waals surface area (Å²) in [5.74, 6) is -1.34. The van der Waals surface area contributed by atoms with Gasteiger partial charge in [0.15, 0.2) is 0 Å². The predicted octanol–water partition coefficient (Wildman–Crippen LogP) is 1.87. The number of carbonyl (C=O) groups excluding carboxylic acids is 3. The molecule has 1 heterocycles. The first kappa shape index (κ1) is 18.0. The van der Waals surface area contributed by atoms with Gasteiger partial charge in [-0.2, -0.15) is 0 Å². The highest BCUT2D eigenvalue weighted by Gasteiger charge is 2.40. The molecule has 0 unspecified atom stereocenters. The molecule has 2 amide bonds. The Kier molecular flexibility index (Phi) is 5.27. The average Bonchev–Trinajstić information content (AvgIpc) is 2.90. The zero-order valence-electron chi connectivity index (χ0n) is 14.0. The van der Waals surface area contributed by atoms with Crippen molar-refractivity contribution < 1.29 is 24.2 Å². The summed E-state index contributed by atoms with van der Waals surface area (Å²) in [5.41, 5.74) is 0.483. The Labute approximate surface area is 154 Å². The van der Waals surface area contributed by atoms with Crippen LogP contribution in [0.5, 0.6) is 5.75 Å². The number of carbonyl (C=O) groups is 3. The minimum absolute atomic E-state index is 0.0114. The molecule has 0 saturated carbocycles. The van der Waals surface area contributed by atoms with E-state index in [1.807, 2.05) is 6.92 Å². The van der Waals surface area contributed by atoms with Crippen LogP contribution in [0.15, 0.2) is 53.4 Å². The van der Waals surface area contributed by atoms with Crippen molar-refractivity contribution in [3.63, 3.8) is 0 Å². The second-order valence-corrected chi connectivity index (χ2v) is 6.83. The molecule has 26 heavy (non-hydrogen) atoms. The van der Waals surface area contributed by atoms with E-state index in [0.29, 0.717) is 22.9 Å². The number of amides is 2. The first-order valence-corrected chi connectivity index (χ1v) is 8.96. The van der Waals surface area contributed by atoms with Crippen molar-refractivity contribution in [3.8, 4) is 5.75 Å². The van der Waals surface area contributed by atoms with Gasteiger partial charge in [-0.05, 0) is 37.3 Å². The van der Waals surface area contributed by atoms with Crippen molar-refractivity contribution in [3.05, 3.63) is 54.1 Å². The minimum atomic E-state index is -1.31. The molecule has 0 aliphatic carbocycles. The molecule has 1 aliphatic heterocycles. The smallest absolute Gasteiger partial charge is 0.247 e. The van der Waals surface area contributed by atoms with E-state index >= 15 is 0 Å². The summed E-state index contributed by atoms with van der Waals surface area (Å²) in [6, 6.07) is 13.0. The van der Waals surface area contributed by atoms with E-state index in [1.165, 1.54) is 6.07 Å². The molecule has 3 rings (SSSR count). The van der Waals surface area contributed by atoms with Crippen LogP contribution in [0.4, 0.5) is 5.69 Å². The quantitative estimate of drug-likeness (QED) is 0.722. The number of aromatic carboxylic acids is 1. The lowest BCUT2D eigenvalue weighted by atomic mass is 10.2. The molecule has 0 radical (unpaired) electrons. The van der Waals surface area contributed by atoms with Gasteiger partial charge in [0.1, 0.15) is 5.75 Å². The number of anilines is 1. The van der Waals surface area contributed by atoms with Crippen molar-refractivity contribution >= 4 is 35.2 Å². The summed E-state index contributed by atoms with van der Waals surface area (Å²) in [6.45, 7) is 2.39. The zero-order valence-corrected chi connectivity index (χ0v) is 14.8. The third-order valence-corrected chi connectivity index (χ3v) is 5.15. The van der Waals surface area contributed by atoms with Gasteiger partial charge in [-0.3, -0.25) is 9.59 Å². The Morgan fingerprint density at radius 3 is 2.54 bits per heavy atom. The molecule has 0 spiro atoms. The molecule has 1 atom stereocenters. The number of benzene rings is 2. The number of carboxylic acids is 1. The van der Waals surface area contributed by atoms with Crippen molar-refractivity contribution in [1.29, 1.82) is 0 Å². The van der Waals surface area contributed by atoms with Crippen LogP contribution in [0, 0.1) is 0 Å². The van der Waals surface area contributed by atoms with Crippen LogP contribution in [0.1, 0.15) is 23.7 Å². The molecule has 1 aliphatic rings. The number of hydrogen-bond donors (Lipinski definition) is 0. The van der Waals surface area contributed by atoms with Crippen molar-refractivity contribution in [2.24, 2.45) is 0 Å². The fourth-order valence-corrected chi connectivity index (χ4v) is 3.89. The van der Waals surface area contributed by atoms with Crippen LogP contribution in [0.2, 0.25) is 0 Å². The number of nitrogens with zero attached hydrogens (tertiary/aromatic N) is 1. The lowest BCUT2D eigenvalue weighted by Gasteiger charge is -2.16. The van der Waals surface area contributed by atoms with E-state index in [0.717, 1.165) is 16.7 Å². The van der Waals surface area contributed by atoms with Crippen molar-refractivity contribution in [2.75, 3.05) is 11.5 Å². The average molecular weight is 370 g/mol. The molecule has 0 aromatic heterocycles. The first-order valence-electron chi connectivity index (χ1n) is 8.08. The predicted molar refractivity (Wildman–Crippen MR) is 95.1 cm³/mol. The lowest BCUT2D eigenvalue weighted by Crippen LogP contribution is -2.31. The topological polar surface area (TPSA) is 86.7 Å².